The lowest BCUT2D eigenvalue weighted by atomic mass is 9.95. The molecule has 0 saturated carbocycles. The third-order valence-electron chi connectivity index (χ3n) is 5.77. The number of rotatable bonds is 7. The van der Waals surface area contributed by atoms with Crippen molar-refractivity contribution in [3.63, 3.8) is 0 Å². The van der Waals surface area contributed by atoms with E-state index in [0.29, 0.717) is 16.8 Å². The fraction of sp³-hybridized carbons (Fsp3) is 0.107. The van der Waals surface area contributed by atoms with Gasteiger partial charge in [-0.1, -0.05) is 72.8 Å². The lowest BCUT2D eigenvalue weighted by Crippen LogP contribution is -2.37. The van der Waals surface area contributed by atoms with E-state index >= 15 is 0 Å². The second-order valence-corrected chi connectivity index (χ2v) is 8.12. The Morgan fingerprint density at radius 2 is 1.44 bits per heavy atom. The summed E-state index contributed by atoms with van der Waals surface area (Å²) >= 11 is 0. The summed E-state index contributed by atoms with van der Waals surface area (Å²) in [4.78, 5) is 26.7. The molecule has 5 N–H and O–H groups in total. The van der Waals surface area contributed by atoms with Crippen LogP contribution < -0.4 is 16.4 Å². The summed E-state index contributed by atoms with van der Waals surface area (Å²) in [5.74, 6) is -1.91. The number of amidine groups is 1. The van der Waals surface area contributed by atoms with E-state index in [1.165, 1.54) is 0 Å². The number of nitrogens with one attached hydrogen (secondary N) is 3. The fourth-order valence-electron chi connectivity index (χ4n) is 4.02. The molecule has 4 aromatic rings. The maximum atomic E-state index is 13.4. The largest absolute Gasteiger partial charge is 0.384 e. The summed E-state index contributed by atoms with van der Waals surface area (Å²) in [6.45, 7) is 1.92. The van der Waals surface area contributed by atoms with Gasteiger partial charge in [-0.25, -0.2) is 0 Å². The van der Waals surface area contributed by atoms with Crippen LogP contribution in [-0.4, -0.2) is 17.6 Å². The summed E-state index contributed by atoms with van der Waals surface area (Å²) in [5.41, 5.74) is 8.16. The highest BCUT2D eigenvalue weighted by Crippen LogP contribution is 2.26. The molecular formula is C28H26N4O2. The van der Waals surface area contributed by atoms with Gasteiger partial charge in [0.1, 0.15) is 11.8 Å². The maximum Gasteiger partial charge on any atom is 0.241 e. The zero-order valence-corrected chi connectivity index (χ0v) is 18.8. The van der Waals surface area contributed by atoms with Gasteiger partial charge in [-0.05, 0) is 53.1 Å². The Kier molecular flexibility index (Phi) is 6.69. The van der Waals surface area contributed by atoms with Gasteiger partial charge in [-0.2, -0.15) is 0 Å². The van der Waals surface area contributed by atoms with Crippen molar-refractivity contribution < 1.29 is 9.59 Å². The summed E-state index contributed by atoms with van der Waals surface area (Å²) in [6.07, 6.45) is 0. The van der Waals surface area contributed by atoms with Crippen molar-refractivity contribution in [2.24, 2.45) is 5.73 Å². The number of nitrogen functional groups attached to an aromatic ring is 1. The summed E-state index contributed by atoms with van der Waals surface area (Å²) < 4.78 is 0. The quantitative estimate of drug-likeness (QED) is 0.186. The van der Waals surface area contributed by atoms with E-state index in [1.807, 2.05) is 55.5 Å². The van der Waals surface area contributed by atoms with Gasteiger partial charge in [0.25, 0.3) is 0 Å². The Morgan fingerprint density at radius 1 is 0.794 bits per heavy atom. The van der Waals surface area contributed by atoms with Crippen LogP contribution in [0.1, 0.15) is 35.6 Å². The number of benzene rings is 4. The number of carbonyl (C=O) groups is 2. The lowest BCUT2D eigenvalue weighted by Gasteiger charge is -2.22. The van der Waals surface area contributed by atoms with Crippen molar-refractivity contribution in [1.82, 2.24) is 5.32 Å². The molecule has 6 heteroatoms. The molecule has 0 spiro atoms. The Labute approximate surface area is 198 Å². The first-order valence-corrected chi connectivity index (χ1v) is 11.0. The number of fused-ring (bicyclic) bond motifs is 1. The molecule has 4 aromatic carbocycles. The van der Waals surface area contributed by atoms with Crippen molar-refractivity contribution in [1.29, 1.82) is 5.41 Å². The molecular weight excluding hydrogens is 424 g/mol. The van der Waals surface area contributed by atoms with Crippen LogP contribution in [0.15, 0.2) is 97.1 Å². The molecule has 0 aliphatic rings. The minimum absolute atomic E-state index is 0.0539. The molecule has 0 fully saturated rings. The standard InChI is InChI=1S/C28H26N4O2/c1-18(23-13-7-11-19-8-5-6-12-24(19)23)31-27(33)25(20-9-3-2-4-10-20)28(34)32-22-16-14-21(15-17-22)26(29)30/h2-18,25H,1H3,(H3,29,30)(H,31,33)(H,32,34)/t18-,25?/m0/s1. The molecule has 4 rings (SSSR count). The molecule has 1 unspecified atom stereocenters. The smallest absolute Gasteiger partial charge is 0.241 e. The zero-order valence-electron chi connectivity index (χ0n) is 18.8. The number of amides is 2. The van der Waals surface area contributed by atoms with Gasteiger partial charge in [0.15, 0.2) is 0 Å². The Balaban J connectivity index is 1.58. The molecule has 2 amide bonds. The van der Waals surface area contributed by atoms with Crippen LogP contribution in [0.4, 0.5) is 5.69 Å². The van der Waals surface area contributed by atoms with E-state index in [0.717, 1.165) is 16.3 Å². The van der Waals surface area contributed by atoms with Crippen LogP contribution in [0, 0.1) is 5.41 Å². The van der Waals surface area contributed by atoms with Gasteiger partial charge in [0, 0.05) is 11.3 Å². The van der Waals surface area contributed by atoms with Crippen molar-refractivity contribution in [2.75, 3.05) is 5.32 Å². The normalized spacial score (nSPS) is 12.5. The van der Waals surface area contributed by atoms with Crippen molar-refractivity contribution >= 4 is 34.1 Å². The number of hydrogen-bond acceptors (Lipinski definition) is 3. The number of nitrogens with two attached hydrogens (primary N) is 1. The predicted molar refractivity (Wildman–Crippen MR) is 136 cm³/mol. The van der Waals surface area contributed by atoms with Crippen LogP contribution in [-0.2, 0) is 9.59 Å². The molecule has 6 nitrogen and oxygen atoms in total. The maximum absolute atomic E-state index is 13.4. The van der Waals surface area contributed by atoms with Crippen LogP contribution >= 0.6 is 0 Å². The van der Waals surface area contributed by atoms with Gasteiger partial charge < -0.3 is 16.4 Å². The zero-order chi connectivity index (χ0) is 24.1. The van der Waals surface area contributed by atoms with Gasteiger partial charge in [0.2, 0.25) is 11.8 Å². The molecule has 2 atom stereocenters. The highest BCUT2D eigenvalue weighted by Gasteiger charge is 2.30. The number of carbonyl (C=O) groups excluding carboxylic acids is 2. The Hall–Kier alpha value is -4.45. The molecule has 0 aliphatic carbocycles. The minimum atomic E-state index is -1.04. The van der Waals surface area contributed by atoms with E-state index in [9.17, 15) is 9.59 Å². The SMILES string of the molecule is C[C@H](NC(=O)C(C(=O)Nc1ccc(C(=N)N)cc1)c1ccccc1)c1cccc2ccccc12. The van der Waals surface area contributed by atoms with Crippen molar-refractivity contribution in [2.45, 2.75) is 18.9 Å². The average Bonchev–Trinajstić information content (AvgIpc) is 2.84. The molecule has 170 valence electrons. The highest BCUT2D eigenvalue weighted by atomic mass is 16.2. The molecule has 34 heavy (non-hydrogen) atoms. The highest BCUT2D eigenvalue weighted by molar-refractivity contribution is 6.11. The van der Waals surface area contributed by atoms with Crippen LogP contribution in [0.2, 0.25) is 0 Å². The van der Waals surface area contributed by atoms with Gasteiger partial charge >= 0.3 is 0 Å². The first kappa shape index (κ1) is 22.7. The monoisotopic (exact) mass is 450 g/mol. The number of anilines is 1. The summed E-state index contributed by atoms with van der Waals surface area (Å²) in [7, 11) is 0. The van der Waals surface area contributed by atoms with E-state index < -0.39 is 11.8 Å². The van der Waals surface area contributed by atoms with Gasteiger partial charge in [-0.15, -0.1) is 0 Å². The van der Waals surface area contributed by atoms with Crippen LogP contribution in [0.3, 0.4) is 0 Å². The number of hydrogen-bond donors (Lipinski definition) is 4. The molecule has 0 aromatic heterocycles. The molecule has 0 heterocycles. The molecule has 0 aliphatic heterocycles. The predicted octanol–water partition coefficient (Wildman–Crippen LogP) is 4.72. The second kappa shape index (κ2) is 10.0. The Morgan fingerprint density at radius 3 is 2.15 bits per heavy atom. The third-order valence-corrected chi connectivity index (χ3v) is 5.77. The lowest BCUT2D eigenvalue weighted by molar-refractivity contribution is -0.129. The van der Waals surface area contributed by atoms with Gasteiger partial charge in [-0.3, -0.25) is 15.0 Å². The second-order valence-electron chi connectivity index (χ2n) is 8.12. The third kappa shape index (κ3) is 4.96. The van der Waals surface area contributed by atoms with E-state index in [1.54, 1.807) is 48.5 Å². The van der Waals surface area contributed by atoms with E-state index in [4.69, 9.17) is 11.1 Å². The molecule has 0 radical (unpaired) electrons. The van der Waals surface area contributed by atoms with Crippen molar-refractivity contribution in [3.05, 3.63) is 114 Å². The topological polar surface area (TPSA) is 108 Å². The summed E-state index contributed by atoms with van der Waals surface area (Å²) in [6, 6.07) is 29.3. The van der Waals surface area contributed by atoms with E-state index in [-0.39, 0.29) is 17.8 Å². The minimum Gasteiger partial charge on any atom is -0.384 e. The molecule has 0 bridgehead atoms. The average molecular weight is 451 g/mol. The van der Waals surface area contributed by atoms with Crippen LogP contribution in [0.25, 0.3) is 10.8 Å². The molecule has 0 saturated heterocycles. The Bertz CT molecular complexity index is 1330. The summed E-state index contributed by atoms with van der Waals surface area (Å²) in [5, 5.41) is 15.5. The van der Waals surface area contributed by atoms with Gasteiger partial charge in [0.05, 0.1) is 6.04 Å². The van der Waals surface area contributed by atoms with Crippen molar-refractivity contribution in [3.8, 4) is 0 Å². The van der Waals surface area contributed by atoms with E-state index in [2.05, 4.69) is 10.6 Å². The first-order valence-electron chi connectivity index (χ1n) is 11.0. The van der Waals surface area contributed by atoms with Crippen LogP contribution in [0.5, 0.6) is 0 Å². The fourth-order valence-corrected chi connectivity index (χ4v) is 4.02. The first-order chi connectivity index (χ1) is 16.4.